The van der Waals surface area contributed by atoms with Crippen molar-refractivity contribution in [1.29, 1.82) is 0 Å². The molecule has 2 N–H and O–H groups in total. The highest BCUT2D eigenvalue weighted by Gasteiger charge is 2.23. The lowest BCUT2D eigenvalue weighted by atomic mass is 9.99. The number of amides is 1. The molecule has 0 aliphatic carbocycles. The Bertz CT molecular complexity index is 1030. The summed E-state index contributed by atoms with van der Waals surface area (Å²) in [4.78, 5) is 11.9. The van der Waals surface area contributed by atoms with Crippen LogP contribution >= 0.6 is 0 Å². The number of carbonyl (C=O) groups excluding carboxylic acids is 1. The minimum Gasteiger partial charge on any atom is -0.364 e. The Kier molecular flexibility index (Phi) is 4.98. The first-order valence-electron chi connectivity index (χ1n) is 9.25. The number of pyridine rings is 1. The highest BCUT2D eigenvalue weighted by Crippen LogP contribution is 2.29. The molecule has 0 bridgehead atoms. The number of nitrogens with two attached hydrogens (primary N) is 1. The third-order valence-corrected chi connectivity index (χ3v) is 4.73. The summed E-state index contributed by atoms with van der Waals surface area (Å²) in [5.41, 5.74) is 11.8. The molecule has 0 aliphatic rings. The maximum absolute atomic E-state index is 11.9. The number of nitrogens with zero attached hydrogens (tertiary/aromatic N) is 1. The van der Waals surface area contributed by atoms with E-state index in [2.05, 4.69) is 48.5 Å². The van der Waals surface area contributed by atoms with Crippen LogP contribution in [0.25, 0.3) is 33.6 Å². The van der Waals surface area contributed by atoms with Gasteiger partial charge in [-0.15, -0.1) is 0 Å². The third-order valence-electron chi connectivity index (χ3n) is 4.73. The number of hydrogen-bond acceptors (Lipinski definition) is 1. The van der Waals surface area contributed by atoms with E-state index in [-0.39, 0.29) is 12.5 Å². The van der Waals surface area contributed by atoms with Gasteiger partial charge in [-0.2, -0.15) is 4.57 Å². The van der Waals surface area contributed by atoms with Crippen LogP contribution in [0.4, 0.5) is 0 Å². The number of rotatable bonds is 5. The fourth-order valence-electron chi connectivity index (χ4n) is 3.44. The monoisotopic (exact) mass is 365 g/mol. The van der Waals surface area contributed by atoms with Crippen LogP contribution in [-0.4, -0.2) is 5.91 Å². The Hall–Kier alpha value is -3.72. The van der Waals surface area contributed by atoms with E-state index in [0.29, 0.717) is 0 Å². The lowest BCUT2D eigenvalue weighted by Crippen LogP contribution is -2.44. The molecular weight excluding hydrogens is 344 g/mol. The van der Waals surface area contributed by atoms with Gasteiger partial charge in [-0.05, 0) is 35.4 Å². The van der Waals surface area contributed by atoms with E-state index in [1.165, 1.54) is 0 Å². The number of primary amides is 1. The van der Waals surface area contributed by atoms with Gasteiger partial charge in [-0.3, -0.25) is 4.79 Å². The molecule has 136 valence electrons. The summed E-state index contributed by atoms with van der Waals surface area (Å²) >= 11 is 0. The predicted molar refractivity (Wildman–Crippen MR) is 112 cm³/mol. The fraction of sp³-hybridized carbons (Fsp3) is 0.0400. The number of benzene rings is 3. The first-order valence-corrected chi connectivity index (χ1v) is 9.25. The molecule has 3 aromatic carbocycles. The minimum absolute atomic E-state index is 0.115. The van der Waals surface area contributed by atoms with E-state index in [0.717, 1.165) is 33.6 Å². The van der Waals surface area contributed by atoms with Crippen LogP contribution in [0.3, 0.4) is 0 Å². The molecule has 4 aromatic rings. The Morgan fingerprint density at radius 3 is 1.39 bits per heavy atom. The van der Waals surface area contributed by atoms with Gasteiger partial charge in [0.2, 0.25) is 17.9 Å². The summed E-state index contributed by atoms with van der Waals surface area (Å²) in [7, 11) is 0. The van der Waals surface area contributed by atoms with Crippen LogP contribution in [0, 0.1) is 0 Å². The second-order valence-corrected chi connectivity index (χ2v) is 6.67. The van der Waals surface area contributed by atoms with Gasteiger partial charge in [0.15, 0.2) is 0 Å². The summed E-state index contributed by atoms with van der Waals surface area (Å²) in [5, 5.41) is 0. The zero-order chi connectivity index (χ0) is 19.3. The van der Waals surface area contributed by atoms with Crippen LogP contribution in [0.1, 0.15) is 0 Å². The third kappa shape index (κ3) is 3.69. The predicted octanol–water partition coefficient (Wildman–Crippen LogP) is 4.46. The molecule has 1 aromatic heterocycles. The van der Waals surface area contributed by atoms with Crippen molar-refractivity contribution in [3.05, 3.63) is 103 Å². The highest BCUT2D eigenvalue weighted by molar-refractivity contribution is 5.76. The van der Waals surface area contributed by atoms with E-state index >= 15 is 0 Å². The molecule has 3 heteroatoms. The molecular formula is C25H21N2O+. The van der Waals surface area contributed by atoms with Crippen LogP contribution in [0.5, 0.6) is 0 Å². The number of carbonyl (C=O) groups is 1. The molecule has 0 atom stereocenters. The molecule has 0 saturated heterocycles. The molecule has 3 nitrogen and oxygen atoms in total. The summed E-state index contributed by atoms with van der Waals surface area (Å²) in [5.74, 6) is -0.369. The van der Waals surface area contributed by atoms with Crippen molar-refractivity contribution in [3.63, 3.8) is 0 Å². The molecule has 0 spiro atoms. The number of aromatic nitrogens is 1. The molecule has 1 amide bonds. The van der Waals surface area contributed by atoms with E-state index in [4.69, 9.17) is 5.73 Å². The largest absolute Gasteiger partial charge is 0.364 e. The molecule has 0 aliphatic heterocycles. The summed E-state index contributed by atoms with van der Waals surface area (Å²) in [6, 6.07) is 34.7. The van der Waals surface area contributed by atoms with E-state index < -0.39 is 0 Å². The van der Waals surface area contributed by atoms with E-state index in [9.17, 15) is 4.79 Å². The van der Waals surface area contributed by atoms with Crippen molar-refractivity contribution in [1.82, 2.24) is 0 Å². The first-order chi connectivity index (χ1) is 13.7. The zero-order valence-corrected chi connectivity index (χ0v) is 15.5. The van der Waals surface area contributed by atoms with Gasteiger partial charge in [-0.1, -0.05) is 66.7 Å². The lowest BCUT2D eigenvalue weighted by molar-refractivity contribution is -0.662. The van der Waals surface area contributed by atoms with Crippen molar-refractivity contribution < 1.29 is 9.36 Å². The van der Waals surface area contributed by atoms with Gasteiger partial charge >= 0.3 is 0 Å². The Morgan fingerprint density at radius 1 is 0.607 bits per heavy atom. The smallest absolute Gasteiger partial charge is 0.283 e. The van der Waals surface area contributed by atoms with Gasteiger partial charge in [0.05, 0.1) is 0 Å². The van der Waals surface area contributed by atoms with Gasteiger partial charge in [0, 0.05) is 23.3 Å². The maximum atomic E-state index is 11.9. The normalized spacial score (nSPS) is 10.6. The standard InChI is InChI=1S/C25H20N2O/c26-25(28)18-27-23(20-12-6-2-7-13-20)16-22(19-10-4-1-5-11-19)17-24(27)21-14-8-3-9-15-21/h1-17H,18H2,(H-,26,28)/p+1. The molecule has 1 heterocycles. The summed E-state index contributed by atoms with van der Waals surface area (Å²) in [6.45, 7) is 0.115. The molecule has 0 unspecified atom stereocenters. The average Bonchev–Trinajstić information content (AvgIpc) is 2.75. The molecule has 28 heavy (non-hydrogen) atoms. The van der Waals surface area contributed by atoms with Crippen LogP contribution in [0.15, 0.2) is 103 Å². The Morgan fingerprint density at radius 2 is 1.00 bits per heavy atom. The average molecular weight is 365 g/mol. The summed E-state index contributed by atoms with van der Waals surface area (Å²) in [6.07, 6.45) is 0. The Labute approximate surface area is 164 Å². The first kappa shape index (κ1) is 17.7. The minimum atomic E-state index is -0.369. The second-order valence-electron chi connectivity index (χ2n) is 6.67. The molecule has 0 saturated carbocycles. The van der Waals surface area contributed by atoms with Gasteiger partial charge < -0.3 is 5.73 Å². The van der Waals surface area contributed by atoms with Gasteiger partial charge in [-0.25, -0.2) is 0 Å². The topological polar surface area (TPSA) is 47.0 Å². The maximum Gasteiger partial charge on any atom is 0.283 e. The van der Waals surface area contributed by atoms with Crippen molar-refractivity contribution >= 4 is 5.91 Å². The van der Waals surface area contributed by atoms with Crippen molar-refractivity contribution in [2.45, 2.75) is 6.54 Å². The van der Waals surface area contributed by atoms with E-state index in [1.807, 2.05) is 59.2 Å². The summed E-state index contributed by atoms with van der Waals surface area (Å²) < 4.78 is 2.00. The Balaban J connectivity index is 2.03. The van der Waals surface area contributed by atoms with Crippen LogP contribution in [-0.2, 0) is 11.3 Å². The lowest BCUT2D eigenvalue weighted by Gasteiger charge is -2.12. The van der Waals surface area contributed by atoms with Crippen molar-refractivity contribution in [3.8, 4) is 33.6 Å². The molecule has 0 radical (unpaired) electrons. The molecule has 0 fully saturated rings. The highest BCUT2D eigenvalue weighted by atomic mass is 16.1. The fourth-order valence-corrected chi connectivity index (χ4v) is 3.44. The zero-order valence-electron chi connectivity index (χ0n) is 15.5. The second kappa shape index (κ2) is 7.89. The number of hydrogen-bond donors (Lipinski definition) is 1. The molecule has 4 rings (SSSR count). The SMILES string of the molecule is NC(=O)C[n+]1c(-c2ccccc2)cc(-c2ccccc2)cc1-c1ccccc1. The van der Waals surface area contributed by atoms with Crippen LogP contribution in [0.2, 0.25) is 0 Å². The van der Waals surface area contributed by atoms with E-state index in [1.54, 1.807) is 0 Å². The van der Waals surface area contributed by atoms with Crippen molar-refractivity contribution in [2.75, 3.05) is 0 Å². The van der Waals surface area contributed by atoms with Gasteiger partial charge in [0.1, 0.15) is 0 Å². The quantitative estimate of drug-likeness (QED) is 0.522. The van der Waals surface area contributed by atoms with Crippen molar-refractivity contribution in [2.24, 2.45) is 5.73 Å². The van der Waals surface area contributed by atoms with Gasteiger partial charge in [0.25, 0.3) is 5.91 Å². The van der Waals surface area contributed by atoms with Crippen LogP contribution < -0.4 is 10.3 Å².